The summed E-state index contributed by atoms with van der Waals surface area (Å²) in [6, 6.07) is 0. The second-order valence-corrected chi connectivity index (χ2v) is 3.70. The van der Waals surface area contributed by atoms with Crippen LogP contribution in [0.15, 0.2) is 6.20 Å². The van der Waals surface area contributed by atoms with Crippen LogP contribution >= 0.6 is 0 Å². The Labute approximate surface area is 91.6 Å². The summed E-state index contributed by atoms with van der Waals surface area (Å²) in [5.74, 6) is -1.61. The van der Waals surface area contributed by atoms with Gasteiger partial charge in [0.1, 0.15) is 5.56 Å². The molecule has 1 aromatic heterocycles. The lowest BCUT2D eigenvalue weighted by molar-refractivity contribution is -0.144. The van der Waals surface area contributed by atoms with Crippen molar-refractivity contribution in [3.63, 3.8) is 0 Å². The fourth-order valence-corrected chi connectivity index (χ4v) is 1.77. The van der Waals surface area contributed by atoms with Gasteiger partial charge in [0.05, 0.1) is 24.4 Å². The lowest BCUT2D eigenvalue weighted by atomic mass is 10.1. The largest absolute Gasteiger partial charge is 0.478 e. The summed E-state index contributed by atoms with van der Waals surface area (Å²) in [7, 11) is 0. The Bertz CT molecular complexity index is 426. The number of hydrogen-bond donors (Lipinski definition) is 2. The number of aromatic nitrogens is 2. The van der Waals surface area contributed by atoms with E-state index in [2.05, 4.69) is 10.2 Å². The molecule has 1 aliphatic rings. The number of carboxylic acid groups (broad SMARTS) is 1. The van der Waals surface area contributed by atoms with Gasteiger partial charge < -0.3 is 9.84 Å². The van der Waals surface area contributed by atoms with Crippen LogP contribution in [0.1, 0.15) is 35.3 Å². The van der Waals surface area contributed by atoms with Crippen LogP contribution in [0.4, 0.5) is 0 Å². The first kappa shape index (κ1) is 10.7. The van der Waals surface area contributed by atoms with Gasteiger partial charge >= 0.3 is 11.9 Å². The minimum absolute atomic E-state index is 0.0901. The number of carbonyl (C=O) groups excluding carboxylic acids is 1. The Kier molecular flexibility index (Phi) is 2.64. The molecule has 6 nitrogen and oxygen atoms in total. The normalized spacial score (nSPS) is 22.8. The van der Waals surface area contributed by atoms with Crippen LogP contribution in [-0.2, 0) is 9.53 Å². The number of esters is 1. The van der Waals surface area contributed by atoms with Gasteiger partial charge in [-0.3, -0.25) is 9.89 Å². The van der Waals surface area contributed by atoms with Crippen molar-refractivity contribution in [2.75, 3.05) is 6.61 Å². The molecule has 2 atom stereocenters. The highest BCUT2D eigenvalue weighted by molar-refractivity contribution is 5.89. The van der Waals surface area contributed by atoms with Gasteiger partial charge in [0.25, 0.3) is 0 Å². The zero-order valence-electron chi connectivity index (χ0n) is 8.77. The van der Waals surface area contributed by atoms with Crippen LogP contribution in [0.3, 0.4) is 0 Å². The summed E-state index contributed by atoms with van der Waals surface area (Å²) >= 11 is 0. The lowest BCUT2D eigenvalue weighted by Gasteiger charge is -2.00. The van der Waals surface area contributed by atoms with Crippen LogP contribution in [0.2, 0.25) is 0 Å². The molecule has 86 valence electrons. The van der Waals surface area contributed by atoms with Gasteiger partial charge in [0.15, 0.2) is 0 Å². The van der Waals surface area contributed by atoms with Crippen molar-refractivity contribution in [2.45, 2.75) is 19.3 Å². The van der Waals surface area contributed by atoms with Crippen molar-refractivity contribution in [3.8, 4) is 0 Å². The molecule has 1 heterocycles. The van der Waals surface area contributed by atoms with Crippen molar-refractivity contribution in [1.29, 1.82) is 0 Å². The molecule has 0 spiro atoms. The van der Waals surface area contributed by atoms with Crippen LogP contribution in [0.5, 0.6) is 0 Å². The number of carboxylic acids is 1. The molecule has 1 saturated carbocycles. The number of hydrogen-bond acceptors (Lipinski definition) is 4. The van der Waals surface area contributed by atoms with Crippen LogP contribution in [0.25, 0.3) is 0 Å². The van der Waals surface area contributed by atoms with E-state index in [1.807, 2.05) is 0 Å². The summed E-state index contributed by atoms with van der Waals surface area (Å²) < 4.78 is 4.87. The molecule has 1 fully saturated rings. The van der Waals surface area contributed by atoms with Crippen LogP contribution in [-0.4, -0.2) is 33.8 Å². The first-order valence-electron chi connectivity index (χ1n) is 5.08. The zero-order chi connectivity index (χ0) is 11.7. The summed E-state index contributed by atoms with van der Waals surface area (Å²) in [6.45, 7) is 2.09. The number of ether oxygens (including phenoxy) is 1. The average molecular weight is 224 g/mol. The highest BCUT2D eigenvalue weighted by Gasteiger charge is 2.47. The molecule has 1 aromatic rings. The molecule has 2 unspecified atom stereocenters. The number of rotatable bonds is 4. The fraction of sp³-hybridized carbons (Fsp3) is 0.500. The van der Waals surface area contributed by atoms with Crippen molar-refractivity contribution in [2.24, 2.45) is 5.92 Å². The molecule has 6 heteroatoms. The van der Waals surface area contributed by atoms with Gasteiger partial charge in [-0.1, -0.05) is 0 Å². The Morgan fingerprint density at radius 3 is 3.06 bits per heavy atom. The smallest absolute Gasteiger partial charge is 0.339 e. The topological polar surface area (TPSA) is 92.3 Å². The minimum Gasteiger partial charge on any atom is -0.478 e. The predicted molar refractivity (Wildman–Crippen MR) is 53.0 cm³/mol. The Morgan fingerprint density at radius 2 is 2.44 bits per heavy atom. The standard InChI is InChI=1S/C10H12N2O4/c1-2-16-10(15)6-3-5(6)8-7(9(13)14)4-11-12-8/h4-6H,2-3H2,1H3,(H,11,12)(H,13,14). The molecule has 0 aromatic carbocycles. The number of aromatic amines is 1. The Balaban J connectivity index is 2.08. The third-order valence-electron chi connectivity index (χ3n) is 2.65. The van der Waals surface area contributed by atoms with Crippen LogP contribution < -0.4 is 0 Å². The molecule has 2 rings (SSSR count). The van der Waals surface area contributed by atoms with Gasteiger partial charge in [-0.05, 0) is 13.3 Å². The minimum atomic E-state index is -1.03. The van der Waals surface area contributed by atoms with Gasteiger partial charge in [-0.15, -0.1) is 0 Å². The lowest BCUT2D eigenvalue weighted by Crippen LogP contribution is -2.08. The molecular weight excluding hydrogens is 212 g/mol. The van der Waals surface area contributed by atoms with E-state index < -0.39 is 5.97 Å². The molecule has 2 N–H and O–H groups in total. The summed E-state index contributed by atoms with van der Waals surface area (Å²) in [5, 5.41) is 15.2. The fourth-order valence-electron chi connectivity index (χ4n) is 1.77. The third kappa shape index (κ3) is 1.78. The Morgan fingerprint density at radius 1 is 1.69 bits per heavy atom. The first-order chi connectivity index (χ1) is 7.65. The monoisotopic (exact) mass is 224 g/mol. The number of aromatic carboxylic acids is 1. The molecule has 0 amide bonds. The van der Waals surface area contributed by atoms with Crippen LogP contribution in [0, 0.1) is 5.92 Å². The van der Waals surface area contributed by atoms with Crippen molar-refractivity contribution in [1.82, 2.24) is 10.2 Å². The van der Waals surface area contributed by atoms with E-state index in [1.165, 1.54) is 6.20 Å². The number of nitrogens with one attached hydrogen (secondary N) is 1. The summed E-state index contributed by atoms with van der Waals surface area (Å²) in [5.41, 5.74) is 0.655. The number of nitrogens with zero attached hydrogens (tertiary/aromatic N) is 1. The van der Waals surface area contributed by atoms with Crippen molar-refractivity contribution < 1.29 is 19.4 Å². The molecular formula is C10H12N2O4. The van der Waals surface area contributed by atoms with Crippen molar-refractivity contribution in [3.05, 3.63) is 17.5 Å². The Hall–Kier alpha value is -1.85. The molecule has 0 saturated heterocycles. The van der Waals surface area contributed by atoms with E-state index in [1.54, 1.807) is 6.92 Å². The van der Waals surface area contributed by atoms with E-state index in [-0.39, 0.29) is 23.4 Å². The van der Waals surface area contributed by atoms with Gasteiger partial charge in [0, 0.05) is 5.92 Å². The molecule has 0 bridgehead atoms. The van der Waals surface area contributed by atoms with Gasteiger partial charge in [-0.25, -0.2) is 4.79 Å². The molecule has 0 radical (unpaired) electrons. The van der Waals surface area contributed by atoms with Crippen molar-refractivity contribution >= 4 is 11.9 Å². The maximum atomic E-state index is 11.4. The quantitative estimate of drug-likeness (QED) is 0.737. The SMILES string of the molecule is CCOC(=O)C1CC1c1[nH]ncc1C(=O)O. The van der Waals surface area contributed by atoms with Gasteiger partial charge in [0.2, 0.25) is 0 Å². The maximum absolute atomic E-state index is 11.4. The highest BCUT2D eigenvalue weighted by atomic mass is 16.5. The second kappa shape index (κ2) is 3.96. The number of H-pyrrole nitrogens is 1. The van der Waals surface area contributed by atoms with Gasteiger partial charge in [-0.2, -0.15) is 5.10 Å². The molecule has 1 aliphatic carbocycles. The zero-order valence-corrected chi connectivity index (χ0v) is 8.77. The third-order valence-corrected chi connectivity index (χ3v) is 2.65. The summed E-state index contributed by atoms with van der Waals surface area (Å²) in [6.07, 6.45) is 1.89. The second-order valence-electron chi connectivity index (χ2n) is 3.70. The number of carbonyl (C=O) groups is 2. The van der Waals surface area contributed by atoms with E-state index in [0.717, 1.165) is 0 Å². The summed E-state index contributed by atoms with van der Waals surface area (Å²) in [4.78, 5) is 22.2. The van der Waals surface area contributed by atoms with E-state index >= 15 is 0 Å². The van der Waals surface area contributed by atoms with E-state index in [0.29, 0.717) is 18.7 Å². The molecule has 0 aliphatic heterocycles. The molecule has 16 heavy (non-hydrogen) atoms. The average Bonchev–Trinajstić information content (AvgIpc) is 2.87. The predicted octanol–water partition coefficient (Wildman–Crippen LogP) is 0.775. The maximum Gasteiger partial charge on any atom is 0.339 e. The first-order valence-corrected chi connectivity index (χ1v) is 5.08. The van der Waals surface area contributed by atoms with E-state index in [9.17, 15) is 9.59 Å². The highest BCUT2D eigenvalue weighted by Crippen LogP contribution is 2.48. The van der Waals surface area contributed by atoms with E-state index in [4.69, 9.17) is 9.84 Å².